The van der Waals surface area contributed by atoms with Gasteiger partial charge in [0.25, 0.3) is 0 Å². The van der Waals surface area contributed by atoms with Crippen LogP contribution in [0.3, 0.4) is 0 Å². The van der Waals surface area contributed by atoms with Gasteiger partial charge in [-0.05, 0) is 6.42 Å². The first-order valence-electron chi connectivity index (χ1n) is 7.82. The van der Waals surface area contributed by atoms with Gasteiger partial charge in [0.05, 0.1) is 13.2 Å². The summed E-state index contributed by atoms with van der Waals surface area (Å²) in [5.74, 6) is 0.172. The van der Waals surface area contributed by atoms with Gasteiger partial charge in [-0.3, -0.25) is 0 Å². The van der Waals surface area contributed by atoms with Crippen molar-refractivity contribution in [1.29, 1.82) is 0 Å². The first-order chi connectivity index (χ1) is 11.6. The number of nitrogens with zero attached hydrogens (tertiary/aromatic N) is 4. The van der Waals surface area contributed by atoms with Gasteiger partial charge in [-0.2, -0.15) is 4.98 Å². The summed E-state index contributed by atoms with van der Waals surface area (Å²) >= 11 is 0. The highest BCUT2D eigenvalue weighted by atomic mass is 16.6. The number of nitrogens with two attached hydrogens (primary N) is 1. The van der Waals surface area contributed by atoms with E-state index in [2.05, 4.69) is 15.0 Å². The van der Waals surface area contributed by atoms with Crippen molar-refractivity contribution >= 4 is 17.0 Å². The van der Waals surface area contributed by atoms with Crippen LogP contribution in [-0.2, 0) is 4.74 Å². The maximum Gasteiger partial charge on any atom is 0.301 e. The molecule has 1 aliphatic rings. The predicted molar refractivity (Wildman–Crippen MR) is 83.1 cm³/mol. The first kappa shape index (κ1) is 16.8. The standard InChI is InChI=1S/C14H21N5O5/c1-2-3-4-23-14-18-8-11(15)16-6-17-12(8)19(14)13-10(22)9(21)7(5-20)24-13/h6-7,9-10,13,20-22H,2-5H2,1H3,(H2,15,16,17)/t7-,9-,10-,13-/m1/s1. The van der Waals surface area contributed by atoms with Crippen LogP contribution >= 0.6 is 0 Å². The number of aromatic nitrogens is 4. The molecule has 4 atom stereocenters. The Labute approximate surface area is 137 Å². The molecule has 1 saturated heterocycles. The molecule has 0 unspecified atom stereocenters. The molecule has 0 radical (unpaired) electrons. The van der Waals surface area contributed by atoms with Crippen molar-refractivity contribution in [3.63, 3.8) is 0 Å². The Kier molecular flexibility index (Phi) is 4.81. The zero-order chi connectivity index (χ0) is 17.3. The van der Waals surface area contributed by atoms with Gasteiger partial charge in [0.1, 0.15) is 24.6 Å². The molecule has 5 N–H and O–H groups in total. The van der Waals surface area contributed by atoms with Crippen molar-refractivity contribution < 1.29 is 24.8 Å². The van der Waals surface area contributed by atoms with Crippen molar-refractivity contribution in [2.45, 2.75) is 44.3 Å². The smallest absolute Gasteiger partial charge is 0.301 e. The zero-order valence-electron chi connectivity index (χ0n) is 13.2. The van der Waals surface area contributed by atoms with Gasteiger partial charge < -0.3 is 30.5 Å². The quantitative estimate of drug-likeness (QED) is 0.496. The third kappa shape index (κ3) is 2.77. The summed E-state index contributed by atoms with van der Waals surface area (Å²) in [6.45, 7) is 2.02. The molecule has 10 heteroatoms. The van der Waals surface area contributed by atoms with Gasteiger partial charge in [0, 0.05) is 0 Å². The molecule has 0 aliphatic carbocycles. The first-order valence-corrected chi connectivity index (χ1v) is 7.82. The van der Waals surface area contributed by atoms with E-state index in [-0.39, 0.29) is 11.8 Å². The average molecular weight is 339 g/mol. The van der Waals surface area contributed by atoms with Gasteiger partial charge in [-0.1, -0.05) is 13.3 Å². The second-order valence-electron chi connectivity index (χ2n) is 5.63. The monoisotopic (exact) mass is 339 g/mol. The molecule has 1 fully saturated rings. The number of aliphatic hydroxyl groups excluding tert-OH is 3. The molecule has 1 aliphatic heterocycles. The molecular weight excluding hydrogens is 318 g/mol. The Bertz CT molecular complexity index is 708. The van der Waals surface area contributed by atoms with E-state index in [9.17, 15) is 15.3 Å². The Balaban J connectivity index is 2.04. The van der Waals surface area contributed by atoms with Gasteiger partial charge in [-0.25, -0.2) is 14.5 Å². The van der Waals surface area contributed by atoms with Crippen LogP contribution in [0.25, 0.3) is 11.2 Å². The summed E-state index contributed by atoms with van der Waals surface area (Å²) in [6, 6.07) is 0.167. The number of ether oxygens (including phenoxy) is 2. The number of anilines is 1. The van der Waals surface area contributed by atoms with Crippen LogP contribution in [0.1, 0.15) is 26.0 Å². The van der Waals surface area contributed by atoms with E-state index < -0.39 is 31.1 Å². The number of hydrogen-bond donors (Lipinski definition) is 4. The van der Waals surface area contributed by atoms with Crippen LogP contribution in [0.4, 0.5) is 5.82 Å². The minimum atomic E-state index is -1.27. The molecule has 3 heterocycles. The summed E-state index contributed by atoms with van der Waals surface area (Å²) < 4.78 is 12.7. The molecular formula is C14H21N5O5. The van der Waals surface area contributed by atoms with Crippen LogP contribution in [0.2, 0.25) is 0 Å². The molecule has 10 nitrogen and oxygen atoms in total. The van der Waals surface area contributed by atoms with E-state index >= 15 is 0 Å². The lowest BCUT2D eigenvalue weighted by Gasteiger charge is -2.19. The molecule has 3 rings (SSSR count). The SMILES string of the molecule is CCCCOc1nc2c(N)ncnc2n1[C@@H]1O[C@H](CO)[C@@H](O)[C@H]1O. The Morgan fingerprint density at radius 1 is 1.33 bits per heavy atom. The Morgan fingerprint density at radius 2 is 2.12 bits per heavy atom. The summed E-state index contributed by atoms with van der Waals surface area (Å²) in [5.41, 5.74) is 6.48. The molecule has 132 valence electrons. The average Bonchev–Trinajstić information content (AvgIpc) is 3.07. The maximum atomic E-state index is 10.3. The maximum absolute atomic E-state index is 10.3. The van der Waals surface area contributed by atoms with Crippen LogP contribution in [0.5, 0.6) is 6.01 Å². The third-order valence-corrected chi connectivity index (χ3v) is 3.97. The number of unbranched alkanes of at least 4 members (excludes halogenated alkanes) is 1. The van der Waals surface area contributed by atoms with Crippen LogP contribution in [-0.4, -0.2) is 66.4 Å². The second kappa shape index (κ2) is 6.85. The van der Waals surface area contributed by atoms with E-state index in [1.807, 2.05) is 6.92 Å². The van der Waals surface area contributed by atoms with Crippen molar-refractivity contribution in [3.8, 4) is 6.01 Å². The number of aliphatic hydroxyl groups is 3. The van der Waals surface area contributed by atoms with E-state index in [0.29, 0.717) is 17.8 Å². The summed E-state index contributed by atoms with van der Waals surface area (Å²) in [5, 5.41) is 29.6. The predicted octanol–water partition coefficient (Wildman–Crippen LogP) is -0.801. The molecule has 2 aromatic heterocycles. The minimum Gasteiger partial charge on any atom is -0.465 e. The molecule has 24 heavy (non-hydrogen) atoms. The van der Waals surface area contributed by atoms with E-state index in [4.69, 9.17) is 15.2 Å². The number of hydrogen-bond acceptors (Lipinski definition) is 9. The van der Waals surface area contributed by atoms with Crippen LogP contribution < -0.4 is 10.5 Å². The van der Waals surface area contributed by atoms with Gasteiger partial charge in [0.2, 0.25) is 0 Å². The fourth-order valence-electron chi connectivity index (χ4n) is 2.64. The van der Waals surface area contributed by atoms with E-state index in [1.165, 1.54) is 10.9 Å². The fraction of sp³-hybridized carbons (Fsp3) is 0.643. The van der Waals surface area contributed by atoms with Gasteiger partial charge in [-0.15, -0.1) is 0 Å². The van der Waals surface area contributed by atoms with Crippen molar-refractivity contribution in [3.05, 3.63) is 6.33 Å². The van der Waals surface area contributed by atoms with Gasteiger partial charge in [0.15, 0.2) is 23.2 Å². The lowest BCUT2D eigenvalue weighted by atomic mass is 10.1. The number of imidazole rings is 1. The summed E-state index contributed by atoms with van der Waals surface area (Å²) in [7, 11) is 0. The topological polar surface area (TPSA) is 149 Å². The lowest BCUT2D eigenvalue weighted by molar-refractivity contribution is -0.0543. The molecule has 0 bridgehead atoms. The molecule has 0 aromatic carbocycles. The lowest BCUT2D eigenvalue weighted by Crippen LogP contribution is -2.33. The molecule has 0 amide bonds. The van der Waals surface area contributed by atoms with Crippen LogP contribution in [0, 0.1) is 0 Å². The fourth-order valence-corrected chi connectivity index (χ4v) is 2.64. The molecule has 2 aromatic rings. The Hall–Kier alpha value is -2.01. The number of rotatable bonds is 6. The van der Waals surface area contributed by atoms with Crippen molar-refractivity contribution in [2.75, 3.05) is 18.9 Å². The van der Waals surface area contributed by atoms with Crippen molar-refractivity contribution in [1.82, 2.24) is 19.5 Å². The van der Waals surface area contributed by atoms with Gasteiger partial charge >= 0.3 is 6.01 Å². The highest BCUT2D eigenvalue weighted by molar-refractivity contribution is 5.82. The normalized spacial score (nSPS) is 27.0. The highest BCUT2D eigenvalue weighted by Crippen LogP contribution is 2.35. The second-order valence-corrected chi connectivity index (χ2v) is 5.63. The largest absolute Gasteiger partial charge is 0.465 e. The summed E-state index contributed by atoms with van der Waals surface area (Å²) in [4.78, 5) is 12.3. The zero-order valence-corrected chi connectivity index (χ0v) is 13.2. The Morgan fingerprint density at radius 3 is 2.79 bits per heavy atom. The molecule has 0 spiro atoms. The van der Waals surface area contributed by atoms with Crippen molar-refractivity contribution in [2.24, 2.45) is 0 Å². The number of fused-ring (bicyclic) bond motifs is 1. The molecule has 0 saturated carbocycles. The van der Waals surface area contributed by atoms with E-state index in [0.717, 1.165) is 12.8 Å². The van der Waals surface area contributed by atoms with Crippen LogP contribution in [0.15, 0.2) is 6.33 Å². The number of nitrogen functional groups attached to an aromatic ring is 1. The summed E-state index contributed by atoms with van der Waals surface area (Å²) in [6.07, 6.45) is -1.40. The highest BCUT2D eigenvalue weighted by Gasteiger charge is 2.45. The third-order valence-electron chi connectivity index (χ3n) is 3.97. The van der Waals surface area contributed by atoms with E-state index in [1.54, 1.807) is 0 Å². The minimum absolute atomic E-state index is 0.167.